The minimum Gasteiger partial charge on any atom is -0.478 e. The molecule has 24 heavy (non-hydrogen) atoms. The highest BCUT2D eigenvalue weighted by molar-refractivity contribution is 6.39. The van der Waals surface area contributed by atoms with Crippen LogP contribution in [0.3, 0.4) is 0 Å². The van der Waals surface area contributed by atoms with Gasteiger partial charge in [0.2, 0.25) is 0 Å². The van der Waals surface area contributed by atoms with Crippen LogP contribution in [0.15, 0.2) is 53.6 Å². The lowest BCUT2D eigenvalue weighted by Gasteiger charge is -2.04. The topological polar surface area (TPSA) is 108 Å². The van der Waals surface area contributed by atoms with E-state index in [-0.39, 0.29) is 16.8 Å². The summed E-state index contributed by atoms with van der Waals surface area (Å²) in [5.41, 5.74) is 2.04. The second-order valence-corrected chi connectivity index (χ2v) is 4.53. The lowest BCUT2D eigenvalue weighted by Crippen LogP contribution is -2.32. The van der Waals surface area contributed by atoms with Gasteiger partial charge in [-0.1, -0.05) is 30.3 Å². The second-order valence-electron chi connectivity index (χ2n) is 4.53. The molecular formula is C16H12FN3O4. The third-order valence-corrected chi connectivity index (χ3v) is 2.89. The Kier molecular flexibility index (Phi) is 5.35. The number of nitrogens with zero attached hydrogens (tertiary/aromatic N) is 1. The van der Waals surface area contributed by atoms with Gasteiger partial charge in [0.25, 0.3) is 0 Å². The van der Waals surface area contributed by atoms with Crippen molar-refractivity contribution in [3.8, 4) is 0 Å². The van der Waals surface area contributed by atoms with Crippen molar-refractivity contribution in [1.82, 2.24) is 5.43 Å². The molecule has 0 aliphatic carbocycles. The molecule has 0 atom stereocenters. The number of amides is 2. The minimum atomic E-state index is -1.15. The Hall–Kier alpha value is -3.55. The third-order valence-electron chi connectivity index (χ3n) is 2.89. The molecule has 2 amide bonds. The van der Waals surface area contributed by atoms with E-state index in [0.717, 1.165) is 12.3 Å². The summed E-state index contributed by atoms with van der Waals surface area (Å²) < 4.78 is 13.4. The molecule has 2 aromatic rings. The smallest absolute Gasteiger partial charge is 0.336 e. The van der Waals surface area contributed by atoms with E-state index in [2.05, 4.69) is 10.4 Å². The van der Waals surface area contributed by atoms with Crippen LogP contribution in [0.2, 0.25) is 0 Å². The number of carboxylic acid groups (broad SMARTS) is 1. The first-order valence-corrected chi connectivity index (χ1v) is 6.70. The first-order valence-electron chi connectivity index (χ1n) is 6.70. The molecule has 0 heterocycles. The molecule has 0 aliphatic heterocycles. The Bertz CT molecular complexity index is 820. The molecule has 0 radical (unpaired) electrons. The second kappa shape index (κ2) is 7.63. The first kappa shape index (κ1) is 16.8. The number of hydrazone groups is 1. The Labute approximate surface area is 135 Å². The fourth-order valence-corrected chi connectivity index (χ4v) is 1.76. The van der Waals surface area contributed by atoms with Gasteiger partial charge < -0.3 is 10.4 Å². The van der Waals surface area contributed by atoms with Crippen molar-refractivity contribution < 1.29 is 23.9 Å². The monoisotopic (exact) mass is 329 g/mol. The summed E-state index contributed by atoms with van der Waals surface area (Å²) in [6.07, 6.45) is 1.09. The summed E-state index contributed by atoms with van der Waals surface area (Å²) in [7, 11) is 0. The van der Waals surface area contributed by atoms with E-state index in [9.17, 15) is 18.8 Å². The number of halogens is 1. The van der Waals surface area contributed by atoms with Gasteiger partial charge in [-0.3, -0.25) is 9.59 Å². The summed E-state index contributed by atoms with van der Waals surface area (Å²) in [6, 6.07) is 11.4. The molecule has 0 fully saturated rings. The van der Waals surface area contributed by atoms with Crippen molar-refractivity contribution in [1.29, 1.82) is 0 Å². The van der Waals surface area contributed by atoms with Crippen LogP contribution in [-0.4, -0.2) is 29.1 Å². The number of nitrogens with one attached hydrogen (secondary N) is 2. The molecule has 122 valence electrons. The van der Waals surface area contributed by atoms with Gasteiger partial charge in [0.15, 0.2) is 0 Å². The predicted octanol–water partition coefficient (Wildman–Crippen LogP) is 1.61. The standard InChI is InChI=1S/C16H12FN3O4/c17-12-7-3-4-8-13(12)19-14(21)15(22)20-18-9-10-5-1-2-6-11(10)16(23)24/h1-9H,(H,19,21)(H,20,22)(H,23,24)/b18-9-. The molecule has 0 spiro atoms. The van der Waals surface area contributed by atoms with Crippen molar-refractivity contribution in [2.45, 2.75) is 0 Å². The molecule has 2 aromatic carbocycles. The normalized spacial score (nSPS) is 10.4. The van der Waals surface area contributed by atoms with Crippen LogP contribution in [0.4, 0.5) is 10.1 Å². The highest BCUT2D eigenvalue weighted by Crippen LogP contribution is 2.11. The summed E-state index contributed by atoms with van der Waals surface area (Å²) in [6.45, 7) is 0. The molecule has 0 bridgehead atoms. The van der Waals surface area contributed by atoms with E-state index in [1.54, 1.807) is 12.1 Å². The van der Waals surface area contributed by atoms with E-state index < -0.39 is 23.6 Å². The molecule has 0 aliphatic rings. The zero-order valence-corrected chi connectivity index (χ0v) is 12.2. The zero-order chi connectivity index (χ0) is 17.5. The van der Waals surface area contributed by atoms with Gasteiger partial charge in [-0.25, -0.2) is 14.6 Å². The molecule has 0 saturated heterocycles. The maximum absolute atomic E-state index is 13.4. The lowest BCUT2D eigenvalue weighted by molar-refractivity contribution is -0.136. The SMILES string of the molecule is O=C(N/N=C\c1ccccc1C(=O)O)C(=O)Nc1ccccc1F. The number of carboxylic acids is 1. The number of carbonyl (C=O) groups is 3. The highest BCUT2D eigenvalue weighted by Gasteiger charge is 2.14. The zero-order valence-electron chi connectivity index (χ0n) is 12.2. The Morgan fingerprint density at radius 1 is 1.00 bits per heavy atom. The summed E-state index contributed by atoms with van der Waals surface area (Å²) in [4.78, 5) is 34.2. The number of carbonyl (C=O) groups excluding carboxylic acids is 2. The van der Waals surface area contributed by atoms with E-state index in [4.69, 9.17) is 5.11 Å². The van der Waals surface area contributed by atoms with Gasteiger partial charge in [-0.05, 0) is 18.2 Å². The van der Waals surface area contributed by atoms with Crippen LogP contribution < -0.4 is 10.7 Å². The van der Waals surface area contributed by atoms with Crippen molar-refractivity contribution in [3.05, 3.63) is 65.5 Å². The highest BCUT2D eigenvalue weighted by atomic mass is 19.1. The summed E-state index contributed by atoms with van der Waals surface area (Å²) >= 11 is 0. The number of aromatic carboxylic acids is 1. The Balaban J connectivity index is 1.99. The van der Waals surface area contributed by atoms with Gasteiger partial charge in [0.1, 0.15) is 5.82 Å². The molecule has 0 aromatic heterocycles. The number of para-hydroxylation sites is 1. The average molecular weight is 329 g/mol. The minimum absolute atomic E-state index is 0.00805. The van der Waals surface area contributed by atoms with E-state index in [1.165, 1.54) is 30.3 Å². The third kappa shape index (κ3) is 4.23. The van der Waals surface area contributed by atoms with Crippen molar-refractivity contribution in [2.24, 2.45) is 5.10 Å². The van der Waals surface area contributed by atoms with Gasteiger partial charge in [-0.15, -0.1) is 0 Å². The Morgan fingerprint density at radius 3 is 2.38 bits per heavy atom. The fourth-order valence-electron chi connectivity index (χ4n) is 1.76. The number of hydrogen-bond donors (Lipinski definition) is 3. The van der Waals surface area contributed by atoms with Crippen LogP contribution >= 0.6 is 0 Å². The van der Waals surface area contributed by atoms with Crippen LogP contribution in [-0.2, 0) is 9.59 Å². The molecule has 0 unspecified atom stereocenters. The van der Waals surface area contributed by atoms with E-state index in [0.29, 0.717) is 0 Å². The van der Waals surface area contributed by atoms with Crippen molar-refractivity contribution in [2.75, 3.05) is 5.32 Å². The van der Waals surface area contributed by atoms with E-state index in [1.807, 2.05) is 5.43 Å². The first-order chi connectivity index (χ1) is 11.5. The van der Waals surface area contributed by atoms with Gasteiger partial charge in [0.05, 0.1) is 17.5 Å². The number of hydrogen-bond acceptors (Lipinski definition) is 4. The maximum Gasteiger partial charge on any atom is 0.336 e. The van der Waals surface area contributed by atoms with Crippen molar-refractivity contribution >= 4 is 29.7 Å². The summed E-state index contributed by atoms with van der Waals surface area (Å²) in [5.74, 6) is -4.07. The van der Waals surface area contributed by atoms with Gasteiger partial charge in [-0.2, -0.15) is 5.10 Å². The number of benzene rings is 2. The molecule has 7 nitrogen and oxygen atoms in total. The van der Waals surface area contributed by atoms with Crippen LogP contribution in [0.25, 0.3) is 0 Å². The van der Waals surface area contributed by atoms with E-state index >= 15 is 0 Å². The summed E-state index contributed by atoms with van der Waals surface area (Å²) in [5, 5.41) is 14.6. The van der Waals surface area contributed by atoms with Crippen LogP contribution in [0, 0.1) is 5.82 Å². The molecule has 8 heteroatoms. The predicted molar refractivity (Wildman–Crippen MR) is 84.2 cm³/mol. The maximum atomic E-state index is 13.4. The molecule has 2 rings (SSSR count). The molecule has 3 N–H and O–H groups in total. The number of rotatable bonds is 4. The van der Waals surface area contributed by atoms with Gasteiger partial charge in [0, 0.05) is 5.56 Å². The number of anilines is 1. The fraction of sp³-hybridized carbons (Fsp3) is 0. The van der Waals surface area contributed by atoms with Crippen LogP contribution in [0.5, 0.6) is 0 Å². The Morgan fingerprint density at radius 2 is 1.67 bits per heavy atom. The largest absolute Gasteiger partial charge is 0.478 e. The molecule has 0 saturated carbocycles. The quantitative estimate of drug-likeness (QED) is 0.450. The van der Waals surface area contributed by atoms with Gasteiger partial charge >= 0.3 is 17.8 Å². The molecular weight excluding hydrogens is 317 g/mol. The van der Waals surface area contributed by atoms with Crippen LogP contribution in [0.1, 0.15) is 15.9 Å². The lowest BCUT2D eigenvalue weighted by atomic mass is 10.1. The average Bonchev–Trinajstić information content (AvgIpc) is 2.57. The van der Waals surface area contributed by atoms with Crippen molar-refractivity contribution in [3.63, 3.8) is 0 Å².